The molecule has 9 heteroatoms. The lowest BCUT2D eigenvalue weighted by molar-refractivity contribution is 0.0977. The Morgan fingerprint density at radius 1 is 1.11 bits per heavy atom. The maximum absolute atomic E-state index is 12.3. The van der Waals surface area contributed by atoms with Gasteiger partial charge in [-0.1, -0.05) is 41.2 Å². The number of carbonyl (C=O) groups is 1. The second kappa shape index (κ2) is 7.45. The highest BCUT2D eigenvalue weighted by molar-refractivity contribution is 7.80. The van der Waals surface area contributed by atoms with Gasteiger partial charge < -0.3 is 5.32 Å². The Balaban J connectivity index is 1.48. The van der Waals surface area contributed by atoms with Crippen LogP contribution in [0.3, 0.4) is 0 Å². The van der Waals surface area contributed by atoms with Crippen molar-refractivity contribution in [2.24, 2.45) is 0 Å². The van der Waals surface area contributed by atoms with Crippen LogP contribution < -0.4 is 10.6 Å². The number of fused-ring (bicyclic) bond motifs is 1. The van der Waals surface area contributed by atoms with Crippen LogP contribution in [0.25, 0.3) is 15.5 Å². The summed E-state index contributed by atoms with van der Waals surface area (Å²) in [6.45, 7) is 3.79. The van der Waals surface area contributed by atoms with Gasteiger partial charge in [-0.3, -0.25) is 10.1 Å². The topological polar surface area (TPSA) is 84.2 Å². The third-order valence-corrected chi connectivity index (χ3v) is 5.17. The lowest BCUT2D eigenvalue weighted by Crippen LogP contribution is -2.34. The van der Waals surface area contributed by atoms with Crippen LogP contribution in [0.1, 0.15) is 21.7 Å². The Bertz CT molecular complexity index is 1200. The van der Waals surface area contributed by atoms with E-state index >= 15 is 0 Å². The second-order valence-corrected chi connectivity index (χ2v) is 7.57. The SMILES string of the molecule is Cc1cccc(C(=O)NC(=S)Nc2cccc(-c3nn4c(C)nnc4s3)c2)c1. The first-order valence-electron chi connectivity index (χ1n) is 8.48. The lowest BCUT2D eigenvalue weighted by Gasteiger charge is -2.10. The van der Waals surface area contributed by atoms with E-state index in [1.54, 1.807) is 10.6 Å². The minimum atomic E-state index is -0.249. The van der Waals surface area contributed by atoms with Crippen molar-refractivity contribution in [3.8, 4) is 10.6 Å². The van der Waals surface area contributed by atoms with E-state index < -0.39 is 0 Å². The molecule has 28 heavy (non-hydrogen) atoms. The minimum Gasteiger partial charge on any atom is -0.332 e. The third-order valence-electron chi connectivity index (χ3n) is 4.02. The molecule has 140 valence electrons. The van der Waals surface area contributed by atoms with Crippen LogP contribution in [0.5, 0.6) is 0 Å². The summed E-state index contributed by atoms with van der Waals surface area (Å²) in [6, 6.07) is 15.0. The molecule has 0 aliphatic carbocycles. The van der Waals surface area contributed by atoms with Crippen LogP contribution in [-0.2, 0) is 0 Å². The Morgan fingerprint density at radius 3 is 2.71 bits per heavy atom. The molecule has 0 aliphatic heterocycles. The van der Waals surface area contributed by atoms with E-state index in [0.717, 1.165) is 32.6 Å². The number of amides is 1. The molecule has 0 unspecified atom stereocenters. The number of carbonyl (C=O) groups excluding carboxylic acids is 1. The maximum Gasteiger partial charge on any atom is 0.257 e. The summed E-state index contributed by atoms with van der Waals surface area (Å²) in [4.78, 5) is 13.1. The molecular weight excluding hydrogens is 392 g/mol. The number of thiocarbonyl (C=S) groups is 1. The normalized spacial score (nSPS) is 10.8. The van der Waals surface area contributed by atoms with E-state index in [0.29, 0.717) is 5.56 Å². The molecule has 0 saturated heterocycles. The van der Waals surface area contributed by atoms with Crippen LogP contribution in [0.15, 0.2) is 48.5 Å². The standard InChI is InChI=1S/C19H16N6OS2/c1-11-5-3-6-13(9-11)16(26)21-18(27)20-15-8-4-7-14(10-15)17-24-25-12(2)22-23-19(25)28-17/h3-10H,1-2H3,(H2,20,21,26,27). The summed E-state index contributed by atoms with van der Waals surface area (Å²) in [6.07, 6.45) is 0. The predicted octanol–water partition coefficient (Wildman–Crippen LogP) is 3.60. The number of nitrogens with zero attached hydrogens (tertiary/aromatic N) is 4. The highest BCUT2D eigenvalue weighted by Gasteiger charge is 2.12. The van der Waals surface area contributed by atoms with Crippen molar-refractivity contribution in [3.63, 3.8) is 0 Å². The van der Waals surface area contributed by atoms with E-state index in [2.05, 4.69) is 25.9 Å². The van der Waals surface area contributed by atoms with Gasteiger partial charge in [0.2, 0.25) is 4.96 Å². The number of rotatable bonds is 3. The van der Waals surface area contributed by atoms with E-state index in [1.165, 1.54) is 11.3 Å². The van der Waals surface area contributed by atoms with Crippen molar-refractivity contribution in [2.45, 2.75) is 13.8 Å². The fraction of sp³-hybridized carbons (Fsp3) is 0.105. The first kappa shape index (κ1) is 18.2. The Hall–Kier alpha value is -3.17. The highest BCUT2D eigenvalue weighted by Crippen LogP contribution is 2.27. The Morgan fingerprint density at radius 2 is 1.93 bits per heavy atom. The highest BCUT2D eigenvalue weighted by atomic mass is 32.1. The average molecular weight is 409 g/mol. The summed E-state index contributed by atoms with van der Waals surface area (Å²) >= 11 is 6.74. The lowest BCUT2D eigenvalue weighted by atomic mass is 10.1. The van der Waals surface area contributed by atoms with Gasteiger partial charge in [0.05, 0.1) is 0 Å². The zero-order chi connectivity index (χ0) is 19.7. The fourth-order valence-corrected chi connectivity index (χ4v) is 3.78. The van der Waals surface area contributed by atoms with Gasteiger partial charge in [0, 0.05) is 16.8 Å². The van der Waals surface area contributed by atoms with Gasteiger partial charge in [0.15, 0.2) is 10.9 Å². The molecule has 0 radical (unpaired) electrons. The number of aryl methyl sites for hydroxylation is 2. The summed E-state index contributed by atoms with van der Waals surface area (Å²) in [5.74, 6) is 0.494. The van der Waals surface area contributed by atoms with E-state index in [-0.39, 0.29) is 11.0 Å². The van der Waals surface area contributed by atoms with Crippen LogP contribution in [0.4, 0.5) is 5.69 Å². The zero-order valence-corrected chi connectivity index (χ0v) is 16.8. The predicted molar refractivity (Wildman–Crippen MR) is 114 cm³/mol. The summed E-state index contributed by atoms with van der Waals surface area (Å²) in [5.41, 5.74) is 3.26. The molecular formula is C19H16N6OS2. The molecule has 1 amide bonds. The van der Waals surface area contributed by atoms with E-state index in [1.807, 2.05) is 56.3 Å². The molecule has 2 heterocycles. The fourth-order valence-electron chi connectivity index (χ4n) is 2.69. The van der Waals surface area contributed by atoms with Gasteiger partial charge in [-0.25, -0.2) is 0 Å². The van der Waals surface area contributed by atoms with Gasteiger partial charge in [-0.05, 0) is 50.3 Å². The largest absolute Gasteiger partial charge is 0.332 e. The van der Waals surface area contributed by atoms with Crippen molar-refractivity contribution >= 4 is 45.2 Å². The number of nitrogens with one attached hydrogen (secondary N) is 2. The van der Waals surface area contributed by atoms with Crippen molar-refractivity contribution in [2.75, 3.05) is 5.32 Å². The molecule has 2 N–H and O–H groups in total. The first-order chi connectivity index (χ1) is 13.5. The molecule has 0 aliphatic rings. The quantitative estimate of drug-likeness (QED) is 0.504. The van der Waals surface area contributed by atoms with Gasteiger partial charge in [-0.2, -0.15) is 9.61 Å². The molecule has 0 bridgehead atoms. The minimum absolute atomic E-state index is 0.234. The van der Waals surface area contributed by atoms with Crippen LogP contribution >= 0.6 is 23.6 Å². The van der Waals surface area contributed by atoms with Crippen molar-refractivity contribution in [1.29, 1.82) is 0 Å². The molecule has 0 atom stereocenters. The molecule has 4 rings (SSSR count). The molecule has 0 fully saturated rings. The van der Waals surface area contributed by atoms with Crippen molar-refractivity contribution in [1.82, 2.24) is 25.1 Å². The number of aromatic nitrogens is 4. The third kappa shape index (κ3) is 3.75. The van der Waals surface area contributed by atoms with Gasteiger partial charge in [0.25, 0.3) is 5.91 Å². The number of hydrogen-bond donors (Lipinski definition) is 2. The van der Waals surface area contributed by atoms with Gasteiger partial charge >= 0.3 is 0 Å². The molecule has 0 spiro atoms. The summed E-state index contributed by atoms with van der Waals surface area (Å²) < 4.78 is 1.72. The molecule has 0 saturated carbocycles. The van der Waals surface area contributed by atoms with Gasteiger partial charge in [0.1, 0.15) is 5.01 Å². The number of hydrogen-bond acceptors (Lipinski definition) is 6. The Kier molecular flexibility index (Phi) is 4.84. The van der Waals surface area contributed by atoms with Crippen LogP contribution in [0.2, 0.25) is 0 Å². The van der Waals surface area contributed by atoms with Crippen molar-refractivity contribution < 1.29 is 4.79 Å². The summed E-state index contributed by atoms with van der Waals surface area (Å²) in [5, 5.41) is 19.4. The average Bonchev–Trinajstić information content (AvgIpc) is 3.24. The Labute approximate surface area is 170 Å². The second-order valence-electron chi connectivity index (χ2n) is 6.21. The maximum atomic E-state index is 12.3. The zero-order valence-electron chi connectivity index (χ0n) is 15.1. The molecule has 4 aromatic rings. The van der Waals surface area contributed by atoms with Crippen LogP contribution in [-0.4, -0.2) is 30.8 Å². The van der Waals surface area contributed by atoms with E-state index in [4.69, 9.17) is 12.2 Å². The van der Waals surface area contributed by atoms with Gasteiger partial charge in [-0.15, -0.1) is 10.2 Å². The van der Waals surface area contributed by atoms with Crippen molar-refractivity contribution in [3.05, 3.63) is 65.5 Å². The summed E-state index contributed by atoms with van der Waals surface area (Å²) in [7, 11) is 0. The molecule has 2 aromatic carbocycles. The van der Waals surface area contributed by atoms with Crippen LogP contribution in [0, 0.1) is 13.8 Å². The number of anilines is 1. The van der Waals surface area contributed by atoms with E-state index in [9.17, 15) is 4.79 Å². The smallest absolute Gasteiger partial charge is 0.257 e. The number of benzene rings is 2. The monoisotopic (exact) mass is 408 g/mol. The first-order valence-corrected chi connectivity index (χ1v) is 9.70. The molecule has 7 nitrogen and oxygen atoms in total. The molecule has 2 aromatic heterocycles.